The molecule has 0 spiro atoms. The minimum atomic E-state index is 0.662. The number of hydrogen-bond donors (Lipinski definition) is 1. The predicted octanol–water partition coefficient (Wildman–Crippen LogP) is 0.678. The first-order valence-electron chi connectivity index (χ1n) is 5.46. The molecule has 1 N–H and O–H groups in total. The lowest BCUT2D eigenvalue weighted by molar-refractivity contribution is 0.364. The van der Waals surface area contributed by atoms with Crippen LogP contribution in [0, 0.1) is 5.92 Å². The van der Waals surface area contributed by atoms with Gasteiger partial charge in [0.1, 0.15) is 0 Å². The van der Waals surface area contributed by atoms with E-state index in [2.05, 4.69) is 15.5 Å². The fourth-order valence-electron chi connectivity index (χ4n) is 1.82. The third kappa shape index (κ3) is 2.68. The lowest BCUT2D eigenvalue weighted by Gasteiger charge is -2.04. The fraction of sp³-hybridized carbons (Fsp3) is 0.800. The van der Waals surface area contributed by atoms with Gasteiger partial charge in [-0.15, -0.1) is 0 Å². The van der Waals surface area contributed by atoms with Crippen LogP contribution in [0.15, 0.2) is 4.52 Å². The summed E-state index contributed by atoms with van der Waals surface area (Å²) in [5, 5.41) is 7.24. The van der Waals surface area contributed by atoms with Gasteiger partial charge in [0.05, 0.1) is 0 Å². The van der Waals surface area contributed by atoms with Crippen molar-refractivity contribution in [3.05, 3.63) is 5.89 Å². The van der Waals surface area contributed by atoms with Gasteiger partial charge in [0.25, 0.3) is 5.95 Å². The normalized spacial score (nSPS) is 20.8. The van der Waals surface area contributed by atoms with Crippen LogP contribution in [-0.2, 0) is 6.42 Å². The lowest BCUT2D eigenvalue weighted by atomic mass is 10.0. The number of rotatable bonds is 4. The highest BCUT2D eigenvalue weighted by molar-refractivity contribution is 5.23. The molecule has 2 rings (SSSR count). The second-order valence-corrected chi connectivity index (χ2v) is 4.28. The average molecular weight is 210 g/mol. The molecule has 0 bridgehead atoms. The van der Waals surface area contributed by atoms with Gasteiger partial charge in [0.2, 0.25) is 5.89 Å². The molecule has 2 heterocycles. The molecule has 1 aliphatic rings. The van der Waals surface area contributed by atoms with Crippen molar-refractivity contribution in [1.29, 1.82) is 0 Å². The zero-order valence-corrected chi connectivity index (χ0v) is 9.36. The first-order valence-corrected chi connectivity index (χ1v) is 5.46. The summed E-state index contributed by atoms with van der Waals surface area (Å²) in [4.78, 5) is 6.15. The van der Waals surface area contributed by atoms with Crippen molar-refractivity contribution in [1.82, 2.24) is 15.5 Å². The number of anilines is 1. The maximum Gasteiger partial charge on any atom is 0.265 e. The van der Waals surface area contributed by atoms with Crippen molar-refractivity contribution < 1.29 is 4.52 Å². The Labute approximate surface area is 89.8 Å². The van der Waals surface area contributed by atoms with Crippen LogP contribution < -0.4 is 10.2 Å². The Morgan fingerprint density at radius 3 is 3.00 bits per heavy atom. The summed E-state index contributed by atoms with van der Waals surface area (Å²) >= 11 is 0. The molecule has 0 aliphatic carbocycles. The van der Waals surface area contributed by atoms with Crippen LogP contribution >= 0.6 is 0 Å². The Hall–Kier alpha value is -1.10. The molecule has 5 heteroatoms. The van der Waals surface area contributed by atoms with Gasteiger partial charge in [0, 0.05) is 20.5 Å². The topological polar surface area (TPSA) is 54.2 Å². The second-order valence-electron chi connectivity index (χ2n) is 4.28. The monoisotopic (exact) mass is 210 g/mol. The lowest BCUT2D eigenvalue weighted by Crippen LogP contribution is -2.10. The molecular weight excluding hydrogens is 192 g/mol. The van der Waals surface area contributed by atoms with Crippen LogP contribution in [0.25, 0.3) is 0 Å². The van der Waals surface area contributed by atoms with Crippen molar-refractivity contribution in [3.8, 4) is 0 Å². The van der Waals surface area contributed by atoms with Crippen LogP contribution in [-0.4, -0.2) is 37.3 Å². The SMILES string of the molecule is CN(C)c1noc(CCC2CCNC2)n1. The van der Waals surface area contributed by atoms with E-state index in [0.717, 1.165) is 37.7 Å². The molecule has 1 aromatic rings. The van der Waals surface area contributed by atoms with E-state index < -0.39 is 0 Å². The van der Waals surface area contributed by atoms with Gasteiger partial charge in [-0.1, -0.05) is 0 Å². The molecular formula is C10H18N4O. The van der Waals surface area contributed by atoms with Gasteiger partial charge in [-0.2, -0.15) is 4.98 Å². The molecule has 0 aromatic carbocycles. The molecule has 84 valence electrons. The molecule has 1 fully saturated rings. The van der Waals surface area contributed by atoms with Crippen LogP contribution in [0.2, 0.25) is 0 Å². The summed E-state index contributed by atoms with van der Waals surface area (Å²) in [6, 6.07) is 0. The Bertz CT molecular complexity index is 304. The Kier molecular flexibility index (Phi) is 3.20. The zero-order chi connectivity index (χ0) is 10.7. The molecule has 1 unspecified atom stereocenters. The summed E-state index contributed by atoms with van der Waals surface area (Å²) in [5.74, 6) is 2.19. The van der Waals surface area contributed by atoms with Crippen LogP contribution in [0.5, 0.6) is 0 Å². The molecule has 15 heavy (non-hydrogen) atoms. The van der Waals surface area contributed by atoms with Crippen LogP contribution in [0.1, 0.15) is 18.7 Å². The molecule has 1 aromatic heterocycles. The van der Waals surface area contributed by atoms with Crippen LogP contribution in [0.3, 0.4) is 0 Å². The number of nitrogens with one attached hydrogen (secondary N) is 1. The highest BCUT2D eigenvalue weighted by atomic mass is 16.5. The van der Waals surface area contributed by atoms with Crippen molar-refractivity contribution in [2.45, 2.75) is 19.3 Å². The molecule has 0 saturated carbocycles. The summed E-state index contributed by atoms with van der Waals surface area (Å²) in [7, 11) is 3.82. The van der Waals surface area contributed by atoms with E-state index in [1.54, 1.807) is 0 Å². The zero-order valence-electron chi connectivity index (χ0n) is 9.36. The molecule has 5 nitrogen and oxygen atoms in total. The third-order valence-corrected chi connectivity index (χ3v) is 2.79. The number of aryl methyl sites for hydroxylation is 1. The van der Waals surface area contributed by atoms with Gasteiger partial charge in [-0.05, 0) is 37.0 Å². The standard InChI is InChI=1S/C10H18N4O/c1-14(2)10-12-9(15-13-10)4-3-8-5-6-11-7-8/h8,11H,3-7H2,1-2H3. The quantitative estimate of drug-likeness (QED) is 0.792. The minimum Gasteiger partial charge on any atom is -0.344 e. The largest absolute Gasteiger partial charge is 0.344 e. The summed E-state index contributed by atoms with van der Waals surface area (Å²) in [5.41, 5.74) is 0. The first-order chi connectivity index (χ1) is 7.25. The number of nitrogens with zero attached hydrogens (tertiary/aromatic N) is 3. The van der Waals surface area contributed by atoms with Gasteiger partial charge in [-0.3, -0.25) is 0 Å². The third-order valence-electron chi connectivity index (χ3n) is 2.79. The van der Waals surface area contributed by atoms with Crippen LogP contribution in [0.4, 0.5) is 5.95 Å². The van der Waals surface area contributed by atoms with Gasteiger partial charge >= 0.3 is 0 Å². The fourth-order valence-corrected chi connectivity index (χ4v) is 1.82. The van der Waals surface area contributed by atoms with Crippen molar-refractivity contribution in [2.75, 3.05) is 32.1 Å². The van der Waals surface area contributed by atoms with Gasteiger partial charge in [-0.25, -0.2) is 0 Å². The Balaban J connectivity index is 1.82. The van der Waals surface area contributed by atoms with E-state index in [9.17, 15) is 0 Å². The van der Waals surface area contributed by atoms with Gasteiger partial charge in [0.15, 0.2) is 0 Å². The van der Waals surface area contributed by atoms with E-state index in [1.165, 1.54) is 6.42 Å². The smallest absolute Gasteiger partial charge is 0.265 e. The maximum absolute atomic E-state index is 5.16. The minimum absolute atomic E-state index is 0.662. The Morgan fingerprint density at radius 1 is 1.53 bits per heavy atom. The molecule has 1 atom stereocenters. The molecule has 1 saturated heterocycles. The van der Waals surface area contributed by atoms with E-state index in [-0.39, 0.29) is 0 Å². The maximum atomic E-state index is 5.16. The van der Waals surface area contributed by atoms with E-state index in [1.807, 2.05) is 19.0 Å². The number of aromatic nitrogens is 2. The van der Waals surface area contributed by atoms with Crippen molar-refractivity contribution in [2.24, 2.45) is 5.92 Å². The predicted molar refractivity (Wildman–Crippen MR) is 57.9 cm³/mol. The van der Waals surface area contributed by atoms with Crippen molar-refractivity contribution >= 4 is 5.95 Å². The van der Waals surface area contributed by atoms with Crippen molar-refractivity contribution in [3.63, 3.8) is 0 Å². The first kappa shape index (κ1) is 10.4. The summed E-state index contributed by atoms with van der Waals surface area (Å²) in [6.07, 6.45) is 3.31. The molecule has 0 radical (unpaired) electrons. The second kappa shape index (κ2) is 4.61. The van der Waals surface area contributed by atoms with Gasteiger partial charge < -0.3 is 14.7 Å². The van der Waals surface area contributed by atoms with E-state index >= 15 is 0 Å². The van der Waals surface area contributed by atoms with E-state index in [0.29, 0.717) is 5.95 Å². The molecule has 0 amide bonds. The Morgan fingerprint density at radius 2 is 2.40 bits per heavy atom. The molecule has 1 aliphatic heterocycles. The summed E-state index contributed by atoms with van der Waals surface area (Å²) in [6.45, 7) is 2.28. The highest BCUT2D eigenvalue weighted by Gasteiger charge is 2.16. The highest BCUT2D eigenvalue weighted by Crippen LogP contribution is 2.16. The number of hydrogen-bond acceptors (Lipinski definition) is 5. The average Bonchev–Trinajstić information content (AvgIpc) is 2.86. The summed E-state index contributed by atoms with van der Waals surface area (Å²) < 4.78 is 5.16. The van der Waals surface area contributed by atoms with E-state index in [4.69, 9.17) is 4.52 Å².